The van der Waals surface area contributed by atoms with E-state index in [0.717, 1.165) is 28.1 Å². The zero-order chi connectivity index (χ0) is 20.1. The van der Waals surface area contributed by atoms with Crippen molar-refractivity contribution in [3.8, 4) is 0 Å². The molecule has 148 valence electrons. The zero-order valence-electron chi connectivity index (χ0n) is 16.9. The lowest BCUT2D eigenvalue weighted by Gasteiger charge is -2.34. The van der Waals surface area contributed by atoms with Crippen molar-refractivity contribution >= 4 is 17.5 Å². The SMILES string of the molecule is Cc1ccc(CC(=O)N2CCN(CC(=O)Nc3cccc(C)c3C)CC2)cn1. The monoisotopic (exact) mass is 380 g/mol. The maximum Gasteiger partial charge on any atom is 0.238 e. The van der Waals surface area contributed by atoms with Crippen molar-refractivity contribution in [3.63, 3.8) is 0 Å². The van der Waals surface area contributed by atoms with Gasteiger partial charge in [0.15, 0.2) is 0 Å². The first-order chi connectivity index (χ1) is 13.4. The fourth-order valence-corrected chi connectivity index (χ4v) is 3.32. The van der Waals surface area contributed by atoms with Gasteiger partial charge in [-0.15, -0.1) is 0 Å². The van der Waals surface area contributed by atoms with Crippen LogP contribution in [0.2, 0.25) is 0 Å². The van der Waals surface area contributed by atoms with Crippen molar-refractivity contribution in [2.75, 3.05) is 38.0 Å². The van der Waals surface area contributed by atoms with Crippen LogP contribution in [0.1, 0.15) is 22.4 Å². The van der Waals surface area contributed by atoms with E-state index in [2.05, 4.69) is 15.2 Å². The van der Waals surface area contributed by atoms with Gasteiger partial charge < -0.3 is 10.2 Å². The van der Waals surface area contributed by atoms with E-state index in [4.69, 9.17) is 0 Å². The third-order valence-electron chi connectivity index (χ3n) is 5.30. The quantitative estimate of drug-likeness (QED) is 0.865. The second kappa shape index (κ2) is 8.97. The van der Waals surface area contributed by atoms with Crippen LogP contribution in [-0.2, 0) is 16.0 Å². The number of piperazine rings is 1. The first kappa shape index (κ1) is 20.0. The predicted octanol–water partition coefficient (Wildman–Crippen LogP) is 2.33. The summed E-state index contributed by atoms with van der Waals surface area (Å²) < 4.78 is 0. The molecule has 0 atom stereocenters. The van der Waals surface area contributed by atoms with Gasteiger partial charge >= 0.3 is 0 Å². The lowest BCUT2D eigenvalue weighted by atomic mass is 10.1. The highest BCUT2D eigenvalue weighted by atomic mass is 16.2. The van der Waals surface area contributed by atoms with Gasteiger partial charge in [0, 0.05) is 43.8 Å². The zero-order valence-corrected chi connectivity index (χ0v) is 16.9. The Kier molecular flexibility index (Phi) is 6.41. The summed E-state index contributed by atoms with van der Waals surface area (Å²) >= 11 is 0. The predicted molar refractivity (Wildman–Crippen MR) is 110 cm³/mol. The van der Waals surface area contributed by atoms with Crippen LogP contribution in [0.4, 0.5) is 5.69 Å². The van der Waals surface area contributed by atoms with Crippen molar-refractivity contribution in [1.82, 2.24) is 14.8 Å². The summed E-state index contributed by atoms with van der Waals surface area (Å²) in [6, 6.07) is 9.79. The van der Waals surface area contributed by atoms with Crippen molar-refractivity contribution in [2.24, 2.45) is 0 Å². The number of pyridine rings is 1. The number of carbonyl (C=O) groups is 2. The molecule has 2 heterocycles. The van der Waals surface area contributed by atoms with Crippen LogP contribution in [0.5, 0.6) is 0 Å². The van der Waals surface area contributed by atoms with Gasteiger partial charge in [0.2, 0.25) is 11.8 Å². The number of anilines is 1. The minimum atomic E-state index is -0.0146. The van der Waals surface area contributed by atoms with E-state index >= 15 is 0 Å². The highest BCUT2D eigenvalue weighted by Crippen LogP contribution is 2.18. The molecular formula is C22H28N4O2. The number of rotatable bonds is 5. The van der Waals surface area contributed by atoms with E-state index in [-0.39, 0.29) is 11.8 Å². The molecule has 1 aromatic carbocycles. The molecule has 0 radical (unpaired) electrons. The molecule has 6 nitrogen and oxygen atoms in total. The molecule has 0 spiro atoms. The third kappa shape index (κ3) is 5.16. The molecule has 28 heavy (non-hydrogen) atoms. The van der Waals surface area contributed by atoms with Crippen molar-refractivity contribution in [1.29, 1.82) is 0 Å². The van der Waals surface area contributed by atoms with Crippen LogP contribution in [0.25, 0.3) is 0 Å². The fourth-order valence-electron chi connectivity index (χ4n) is 3.32. The summed E-state index contributed by atoms with van der Waals surface area (Å²) in [5.41, 5.74) is 5.01. The first-order valence-corrected chi connectivity index (χ1v) is 9.70. The number of aromatic nitrogens is 1. The molecule has 1 aliphatic heterocycles. The lowest BCUT2D eigenvalue weighted by molar-refractivity contribution is -0.132. The highest BCUT2D eigenvalue weighted by molar-refractivity contribution is 5.93. The van der Waals surface area contributed by atoms with Crippen LogP contribution in [-0.4, -0.2) is 59.3 Å². The van der Waals surface area contributed by atoms with Crippen LogP contribution in [0.3, 0.4) is 0 Å². The molecular weight excluding hydrogens is 352 g/mol. The summed E-state index contributed by atoms with van der Waals surface area (Å²) in [4.78, 5) is 33.1. The van der Waals surface area contributed by atoms with Gasteiger partial charge in [0.05, 0.1) is 13.0 Å². The van der Waals surface area contributed by atoms with E-state index in [9.17, 15) is 9.59 Å². The minimum Gasteiger partial charge on any atom is -0.340 e. The van der Waals surface area contributed by atoms with E-state index in [1.807, 2.05) is 56.0 Å². The Morgan fingerprint density at radius 1 is 1.04 bits per heavy atom. The van der Waals surface area contributed by atoms with Gasteiger partial charge in [-0.25, -0.2) is 0 Å². The number of nitrogens with zero attached hydrogens (tertiary/aromatic N) is 3. The van der Waals surface area contributed by atoms with E-state index in [0.29, 0.717) is 39.1 Å². The second-order valence-electron chi connectivity index (χ2n) is 7.44. The molecule has 0 unspecified atom stereocenters. The number of hydrogen-bond acceptors (Lipinski definition) is 4. The maximum atomic E-state index is 12.5. The largest absolute Gasteiger partial charge is 0.340 e. The van der Waals surface area contributed by atoms with E-state index < -0.39 is 0 Å². The van der Waals surface area contributed by atoms with Crippen molar-refractivity contribution in [3.05, 3.63) is 58.9 Å². The standard InChI is InChI=1S/C22H28N4O2/c1-16-5-4-6-20(18(16)3)24-21(27)15-25-9-11-26(12-10-25)22(28)13-19-8-7-17(2)23-14-19/h4-8,14H,9-13,15H2,1-3H3,(H,24,27). The van der Waals surface area contributed by atoms with Gasteiger partial charge in [-0.2, -0.15) is 0 Å². The Bertz CT molecular complexity index is 840. The average Bonchev–Trinajstić information content (AvgIpc) is 2.68. The molecule has 1 fully saturated rings. The van der Waals surface area contributed by atoms with Crippen LogP contribution < -0.4 is 5.32 Å². The number of amides is 2. The van der Waals surface area contributed by atoms with Gasteiger partial charge in [-0.1, -0.05) is 18.2 Å². The average molecular weight is 380 g/mol. The molecule has 1 aliphatic rings. The Hall–Kier alpha value is -2.73. The lowest BCUT2D eigenvalue weighted by Crippen LogP contribution is -2.50. The summed E-state index contributed by atoms with van der Waals surface area (Å²) in [5.74, 6) is 0.101. The van der Waals surface area contributed by atoms with Gasteiger partial charge in [0.25, 0.3) is 0 Å². The second-order valence-corrected chi connectivity index (χ2v) is 7.44. The Balaban J connectivity index is 1.45. The molecule has 0 saturated carbocycles. The summed E-state index contributed by atoms with van der Waals surface area (Å²) in [6.45, 7) is 9.03. The minimum absolute atomic E-state index is 0.0146. The Morgan fingerprint density at radius 2 is 1.79 bits per heavy atom. The van der Waals surface area contributed by atoms with Crippen LogP contribution in [0.15, 0.2) is 36.5 Å². The van der Waals surface area contributed by atoms with Gasteiger partial charge in [-0.3, -0.25) is 19.5 Å². The molecule has 3 rings (SSSR count). The Labute approximate surface area is 166 Å². The Morgan fingerprint density at radius 3 is 2.46 bits per heavy atom. The number of aryl methyl sites for hydroxylation is 2. The molecule has 0 bridgehead atoms. The molecule has 2 aromatic rings. The van der Waals surface area contributed by atoms with Crippen molar-refractivity contribution < 1.29 is 9.59 Å². The molecule has 2 amide bonds. The third-order valence-corrected chi connectivity index (χ3v) is 5.30. The number of hydrogen-bond donors (Lipinski definition) is 1. The van der Waals surface area contributed by atoms with E-state index in [1.54, 1.807) is 6.20 Å². The smallest absolute Gasteiger partial charge is 0.238 e. The van der Waals surface area contributed by atoms with Gasteiger partial charge in [-0.05, 0) is 49.6 Å². The molecule has 1 aromatic heterocycles. The molecule has 1 N–H and O–H groups in total. The topological polar surface area (TPSA) is 65.5 Å². The van der Waals surface area contributed by atoms with Crippen LogP contribution in [0, 0.1) is 20.8 Å². The highest BCUT2D eigenvalue weighted by Gasteiger charge is 2.22. The molecule has 0 aliphatic carbocycles. The maximum absolute atomic E-state index is 12.5. The fraction of sp³-hybridized carbons (Fsp3) is 0.409. The summed E-state index contributed by atoms with van der Waals surface area (Å²) in [7, 11) is 0. The number of benzene rings is 1. The summed E-state index contributed by atoms with van der Waals surface area (Å²) in [6.07, 6.45) is 2.14. The molecule has 6 heteroatoms. The number of carbonyl (C=O) groups excluding carboxylic acids is 2. The summed E-state index contributed by atoms with van der Waals surface area (Å²) in [5, 5.41) is 3.00. The molecule has 1 saturated heterocycles. The van der Waals surface area contributed by atoms with Crippen molar-refractivity contribution in [2.45, 2.75) is 27.2 Å². The number of nitrogens with one attached hydrogen (secondary N) is 1. The normalized spacial score (nSPS) is 14.8. The van der Waals surface area contributed by atoms with E-state index in [1.165, 1.54) is 0 Å². The van der Waals surface area contributed by atoms with Crippen LogP contribution >= 0.6 is 0 Å². The van der Waals surface area contributed by atoms with Gasteiger partial charge in [0.1, 0.15) is 0 Å². The first-order valence-electron chi connectivity index (χ1n) is 9.70.